The van der Waals surface area contributed by atoms with Crippen LogP contribution in [-0.2, 0) is 4.18 Å². The van der Waals surface area contributed by atoms with Gasteiger partial charge in [-0.15, -0.1) is 0 Å². The van der Waals surface area contributed by atoms with Crippen molar-refractivity contribution in [2.24, 2.45) is 0 Å². The number of aliphatic hydroxyl groups excluding tert-OH is 1. The number of rotatable bonds is 5. The molecular formula is C8H9NO4S. The molecule has 0 saturated heterocycles. The Morgan fingerprint density at radius 2 is 2.07 bits per heavy atom. The van der Waals surface area contributed by atoms with Gasteiger partial charge in [0.15, 0.2) is 0 Å². The maximum Gasteiger partial charge on any atom is 0.269 e. The molecule has 1 rings (SSSR count). The van der Waals surface area contributed by atoms with Gasteiger partial charge in [-0.1, -0.05) is 0 Å². The number of nitro groups is 1. The third-order valence-electron chi connectivity index (χ3n) is 1.38. The van der Waals surface area contributed by atoms with Crippen LogP contribution in [0.25, 0.3) is 0 Å². The van der Waals surface area contributed by atoms with E-state index in [0.29, 0.717) is 0 Å². The Morgan fingerprint density at radius 1 is 1.43 bits per heavy atom. The molecule has 0 aliphatic heterocycles. The Hall–Kier alpha value is -1.11. The highest BCUT2D eigenvalue weighted by atomic mass is 32.2. The summed E-state index contributed by atoms with van der Waals surface area (Å²) in [5.74, 6) is 0. The van der Waals surface area contributed by atoms with E-state index in [2.05, 4.69) is 0 Å². The predicted octanol–water partition coefficient (Wildman–Crippen LogP) is 1.61. The van der Waals surface area contributed by atoms with Crippen molar-refractivity contribution in [1.29, 1.82) is 0 Å². The summed E-state index contributed by atoms with van der Waals surface area (Å²) < 4.78 is 4.97. The van der Waals surface area contributed by atoms with Gasteiger partial charge >= 0.3 is 0 Å². The Balaban J connectivity index is 2.51. The number of non-ortho nitro benzene ring substituents is 1. The van der Waals surface area contributed by atoms with Gasteiger partial charge in [0.05, 0.1) is 18.1 Å². The lowest BCUT2D eigenvalue weighted by molar-refractivity contribution is -0.384. The molecule has 0 aromatic heterocycles. The van der Waals surface area contributed by atoms with Crippen LogP contribution in [0.3, 0.4) is 0 Å². The molecule has 0 fully saturated rings. The highest BCUT2D eigenvalue weighted by Crippen LogP contribution is 2.21. The first kappa shape index (κ1) is 11.0. The lowest BCUT2D eigenvalue weighted by Crippen LogP contribution is -1.92. The summed E-state index contributed by atoms with van der Waals surface area (Å²) in [6.45, 7) is 0.196. The summed E-state index contributed by atoms with van der Waals surface area (Å²) in [7, 11) is 0. The molecule has 0 aliphatic carbocycles. The Kier molecular flexibility index (Phi) is 4.37. The van der Waals surface area contributed by atoms with Crippen LogP contribution in [-0.4, -0.2) is 23.2 Å². The lowest BCUT2D eigenvalue weighted by Gasteiger charge is -1.99. The number of benzene rings is 1. The SMILES string of the molecule is O=[N+]([O-])c1ccc(SOCCO)cc1. The summed E-state index contributed by atoms with van der Waals surface area (Å²) in [6, 6.07) is 6.01. The van der Waals surface area contributed by atoms with Gasteiger partial charge < -0.3 is 9.29 Å². The van der Waals surface area contributed by atoms with Crippen LogP contribution >= 0.6 is 12.0 Å². The molecule has 1 aromatic carbocycles. The van der Waals surface area contributed by atoms with Crippen LogP contribution in [0.5, 0.6) is 0 Å². The van der Waals surface area contributed by atoms with E-state index in [-0.39, 0.29) is 18.9 Å². The first-order valence-corrected chi connectivity index (χ1v) is 4.63. The van der Waals surface area contributed by atoms with Crippen molar-refractivity contribution in [3.63, 3.8) is 0 Å². The zero-order chi connectivity index (χ0) is 10.4. The van der Waals surface area contributed by atoms with Crippen LogP contribution in [0.4, 0.5) is 5.69 Å². The van der Waals surface area contributed by atoms with Gasteiger partial charge in [0.25, 0.3) is 5.69 Å². The normalized spacial score (nSPS) is 10.1. The van der Waals surface area contributed by atoms with Crippen molar-refractivity contribution in [2.45, 2.75) is 4.90 Å². The first-order chi connectivity index (χ1) is 6.74. The topological polar surface area (TPSA) is 72.6 Å². The Labute approximate surface area is 85.1 Å². The average Bonchev–Trinajstić information content (AvgIpc) is 2.19. The van der Waals surface area contributed by atoms with E-state index in [4.69, 9.17) is 9.29 Å². The van der Waals surface area contributed by atoms with E-state index in [9.17, 15) is 10.1 Å². The van der Waals surface area contributed by atoms with Crippen molar-refractivity contribution in [3.8, 4) is 0 Å². The Bertz CT molecular complexity index is 301. The van der Waals surface area contributed by atoms with E-state index in [1.165, 1.54) is 12.1 Å². The van der Waals surface area contributed by atoms with E-state index < -0.39 is 4.92 Å². The standard InChI is InChI=1S/C8H9NO4S/c10-5-6-13-14-8-3-1-7(2-4-8)9(11)12/h1-4,10H,5-6H2. The zero-order valence-corrected chi connectivity index (χ0v) is 8.07. The largest absolute Gasteiger partial charge is 0.394 e. The third kappa shape index (κ3) is 3.33. The van der Waals surface area contributed by atoms with Crippen LogP contribution in [0, 0.1) is 10.1 Å². The molecule has 0 aliphatic rings. The molecule has 0 atom stereocenters. The predicted molar refractivity (Wildman–Crippen MR) is 52.0 cm³/mol. The molecule has 0 unspecified atom stereocenters. The number of aliphatic hydroxyl groups is 1. The average molecular weight is 215 g/mol. The van der Waals surface area contributed by atoms with Gasteiger partial charge in [-0.3, -0.25) is 10.1 Å². The van der Waals surface area contributed by atoms with Crippen LogP contribution in [0.15, 0.2) is 29.2 Å². The second-order valence-corrected chi connectivity index (χ2v) is 3.25. The summed E-state index contributed by atoms with van der Waals surface area (Å²) in [5.41, 5.74) is 0.0523. The number of nitro benzene ring substituents is 1. The van der Waals surface area contributed by atoms with E-state index in [1.54, 1.807) is 12.1 Å². The van der Waals surface area contributed by atoms with Gasteiger partial charge in [0.1, 0.15) is 0 Å². The van der Waals surface area contributed by atoms with Crippen LogP contribution < -0.4 is 0 Å². The Morgan fingerprint density at radius 3 is 2.57 bits per heavy atom. The van der Waals surface area contributed by atoms with Crippen molar-refractivity contribution in [3.05, 3.63) is 34.4 Å². The summed E-state index contributed by atoms with van der Waals surface area (Å²) in [6.07, 6.45) is 0. The molecular weight excluding hydrogens is 206 g/mol. The number of hydrogen-bond donors (Lipinski definition) is 1. The molecule has 1 aromatic rings. The zero-order valence-electron chi connectivity index (χ0n) is 7.25. The molecule has 76 valence electrons. The molecule has 5 nitrogen and oxygen atoms in total. The summed E-state index contributed by atoms with van der Waals surface area (Å²) >= 11 is 1.08. The van der Waals surface area contributed by atoms with Gasteiger partial charge in [-0.2, -0.15) is 0 Å². The minimum Gasteiger partial charge on any atom is -0.394 e. The van der Waals surface area contributed by atoms with Crippen molar-refractivity contribution in [2.75, 3.05) is 13.2 Å². The van der Waals surface area contributed by atoms with Crippen molar-refractivity contribution >= 4 is 17.7 Å². The fourth-order valence-corrected chi connectivity index (χ4v) is 1.31. The summed E-state index contributed by atoms with van der Waals surface area (Å²) in [5, 5.41) is 18.7. The number of hydrogen-bond acceptors (Lipinski definition) is 5. The maximum absolute atomic E-state index is 10.3. The molecule has 0 heterocycles. The van der Waals surface area contributed by atoms with E-state index >= 15 is 0 Å². The second kappa shape index (κ2) is 5.58. The summed E-state index contributed by atoms with van der Waals surface area (Å²) in [4.78, 5) is 10.6. The van der Waals surface area contributed by atoms with Gasteiger partial charge in [-0.05, 0) is 12.1 Å². The van der Waals surface area contributed by atoms with Crippen LogP contribution in [0.2, 0.25) is 0 Å². The smallest absolute Gasteiger partial charge is 0.269 e. The lowest BCUT2D eigenvalue weighted by atomic mass is 10.3. The van der Waals surface area contributed by atoms with Gasteiger partial charge in [0, 0.05) is 29.1 Å². The molecule has 6 heteroatoms. The monoisotopic (exact) mass is 215 g/mol. The fourth-order valence-electron chi connectivity index (χ4n) is 0.770. The van der Waals surface area contributed by atoms with E-state index in [1.807, 2.05) is 0 Å². The molecule has 1 N–H and O–H groups in total. The molecule has 14 heavy (non-hydrogen) atoms. The van der Waals surface area contributed by atoms with Crippen molar-refractivity contribution in [1.82, 2.24) is 0 Å². The molecule has 0 bridgehead atoms. The minimum absolute atomic E-state index is 0.0417. The number of nitrogens with zero attached hydrogens (tertiary/aromatic N) is 1. The third-order valence-corrected chi connectivity index (χ3v) is 2.13. The molecule has 0 spiro atoms. The first-order valence-electron chi connectivity index (χ1n) is 3.89. The second-order valence-electron chi connectivity index (χ2n) is 2.38. The van der Waals surface area contributed by atoms with Crippen molar-refractivity contribution < 1.29 is 14.2 Å². The van der Waals surface area contributed by atoms with Gasteiger partial charge in [0.2, 0.25) is 0 Å². The van der Waals surface area contributed by atoms with Crippen LogP contribution in [0.1, 0.15) is 0 Å². The maximum atomic E-state index is 10.3. The molecule has 0 radical (unpaired) electrons. The highest BCUT2D eigenvalue weighted by Gasteiger charge is 2.03. The molecule has 0 amide bonds. The van der Waals surface area contributed by atoms with Gasteiger partial charge in [-0.25, -0.2) is 0 Å². The fraction of sp³-hybridized carbons (Fsp3) is 0.250. The highest BCUT2D eigenvalue weighted by molar-refractivity contribution is 7.94. The minimum atomic E-state index is -0.455. The molecule has 0 saturated carbocycles. The quantitative estimate of drug-likeness (QED) is 0.349. The van der Waals surface area contributed by atoms with E-state index in [0.717, 1.165) is 16.9 Å².